The molecule has 2 aliphatic heterocycles. The van der Waals surface area contributed by atoms with Gasteiger partial charge in [0, 0.05) is 24.5 Å². The zero-order chi connectivity index (χ0) is 15.6. The molecule has 0 aliphatic carbocycles. The predicted molar refractivity (Wildman–Crippen MR) is 91.7 cm³/mol. The molecule has 2 saturated heterocycles. The average Bonchev–Trinajstić information content (AvgIpc) is 2.51. The number of nitrogens with zero attached hydrogens (tertiary/aromatic N) is 3. The van der Waals surface area contributed by atoms with E-state index in [1.54, 1.807) is 0 Å². The van der Waals surface area contributed by atoms with Gasteiger partial charge in [-0.1, -0.05) is 0 Å². The number of pyridine rings is 1. The normalized spacial score (nSPS) is 23.8. The molecule has 0 saturated carbocycles. The minimum absolute atomic E-state index is 0.337. The standard InChI is InChI=1S/C19H31N3/c1-18(2,3)22-14-8-19(9-15-22)6-12-21(13-7-19)16-17-4-10-20-11-5-17/h4-5,10-11H,6-9,12-16H2,1-3H3. The molecular weight excluding hydrogens is 270 g/mol. The molecule has 3 heterocycles. The molecule has 1 spiro atoms. The highest BCUT2D eigenvalue weighted by Crippen LogP contribution is 2.42. The number of rotatable bonds is 2. The fourth-order valence-corrected chi connectivity index (χ4v) is 4.08. The first-order valence-corrected chi connectivity index (χ1v) is 8.83. The summed E-state index contributed by atoms with van der Waals surface area (Å²) in [6, 6.07) is 4.29. The largest absolute Gasteiger partial charge is 0.299 e. The van der Waals surface area contributed by atoms with Crippen LogP contribution in [0.1, 0.15) is 52.0 Å². The zero-order valence-corrected chi connectivity index (χ0v) is 14.5. The van der Waals surface area contributed by atoms with Crippen LogP contribution >= 0.6 is 0 Å². The number of piperidine rings is 2. The van der Waals surface area contributed by atoms with Gasteiger partial charge in [-0.3, -0.25) is 14.8 Å². The van der Waals surface area contributed by atoms with Crippen LogP contribution in [-0.2, 0) is 6.54 Å². The quantitative estimate of drug-likeness (QED) is 0.832. The van der Waals surface area contributed by atoms with E-state index in [1.807, 2.05) is 12.4 Å². The first kappa shape index (κ1) is 15.9. The van der Waals surface area contributed by atoms with E-state index >= 15 is 0 Å². The molecular formula is C19H31N3. The Hall–Kier alpha value is -0.930. The Bertz CT molecular complexity index is 459. The van der Waals surface area contributed by atoms with Crippen LogP contribution in [0.25, 0.3) is 0 Å². The van der Waals surface area contributed by atoms with Crippen molar-refractivity contribution < 1.29 is 0 Å². The topological polar surface area (TPSA) is 19.4 Å². The van der Waals surface area contributed by atoms with Crippen LogP contribution in [0.5, 0.6) is 0 Å². The Balaban J connectivity index is 1.50. The van der Waals surface area contributed by atoms with Crippen LogP contribution in [0, 0.1) is 5.41 Å². The molecule has 2 aliphatic rings. The summed E-state index contributed by atoms with van der Waals surface area (Å²) in [6.07, 6.45) is 9.37. The lowest BCUT2D eigenvalue weighted by Gasteiger charge is -2.50. The van der Waals surface area contributed by atoms with E-state index in [0.717, 1.165) is 6.54 Å². The Morgan fingerprint density at radius 2 is 1.50 bits per heavy atom. The predicted octanol–water partition coefficient (Wildman–Crippen LogP) is 3.56. The molecule has 2 fully saturated rings. The monoisotopic (exact) mass is 301 g/mol. The molecule has 3 heteroatoms. The van der Waals surface area contributed by atoms with Crippen molar-refractivity contribution in [3.63, 3.8) is 0 Å². The highest BCUT2D eigenvalue weighted by Gasteiger charge is 2.39. The maximum atomic E-state index is 4.11. The first-order chi connectivity index (χ1) is 10.5. The minimum Gasteiger partial charge on any atom is -0.299 e. The Labute approximate surface area is 135 Å². The van der Waals surface area contributed by atoms with Crippen molar-refractivity contribution in [1.82, 2.24) is 14.8 Å². The molecule has 22 heavy (non-hydrogen) atoms. The lowest BCUT2D eigenvalue weighted by atomic mass is 9.70. The van der Waals surface area contributed by atoms with E-state index in [-0.39, 0.29) is 0 Å². The van der Waals surface area contributed by atoms with Gasteiger partial charge in [-0.25, -0.2) is 0 Å². The van der Waals surface area contributed by atoms with Crippen molar-refractivity contribution in [1.29, 1.82) is 0 Å². The van der Waals surface area contributed by atoms with E-state index in [2.05, 4.69) is 47.7 Å². The summed E-state index contributed by atoms with van der Waals surface area (Å²) in [5, 5.41) is 0. The van der Waals surface area contributed by atoms with Crippen molar-refractivity contribution in [2.75, 3.05) is 26.2 Å². The van der Waals surface area contributed by atoms with Gasteiger partial charge in [-0.2, -0.15) is 0 Å². The van der Waals surface area contributed by atoms with Gasteiger partial charge in [0.1, 0.15) is 0 Å². The summed E-state index contributed by atoms with van der Waals surface area (Å²) in [4.78, 5) is 9.40. The molecule has 122 valence electrons. The third-order valence-electron chi connectivity index (χ3n) is 5.85. The summed E-state index contributed by atoms with van der Waals surface area (Å²) in [6.45, 7) is 13.2. The fraction of sp³-hybridized carbons (Fsp3) is 0.737. The molecule has 0 N–H and O–H groups in total. The van der Waals surface area contributed by atoms with Crippen LogP contribution in [0.2, 0.25) is 0 Å². The molecule has 0 bridgehead atoms. The number of hydrogen-bond donors (Lipinski definition) is 0. The lowest BCUT2D eigenvalue weighted by Crippen LogP contribution is -2.51. The van der Waals surface area contributed by atoms with Gasteiger partial charge in [-0.15, -0.1) is 0 Å². The maximum absolute atomic E-state index is 4.11. The molecule has 3 nitrogen and oxygen atoms in total. The molecule has 0 unspecified atom stereocenters. The number of likely N-dealkylation sites (tertiary alicyclic amines) is 2. The van der Waals surface area contributed by atoms with Crippen molar-refractivity contribution >= 4 is 0 Å². The van der Waals surface area contributed by atoms with Crippen molar-refractivity contribution in [2.24, 2.45) is 5.41 Å². The van der Waals surface area contributed by atoms with E-state index in [4.69, 9.17) is 0 Å². The van der Waals surface area contributed by atoms with E-state index in [0.29, 0.717) is 11.0 Å². The molecule has 0 atom stereocenters. The summed E-state index contributed by atoms with van der Waals surface area (Å²) >= 11 is 0. The Morgan fingerprint density at radius 3 is 2.05 bits per heavy atom. The van der Waals surface area contributed by atoms with E-state index in [1.165, 1.54) is 57.4 Å². The summed E-state index contributed by atoms with van der Waals surface area (Å²) < 4.78 is 0. The summed E-state index contributed by atoms with van der Waals surface area (Å²) in [5.74, 6) is 0. The van der Waals surface area contributed by atoms with Gasteiger partial charge in [0.25, 0.3) is 0 Å². The highest BCUT2D eigenvalue weighted by atomic mass is 15.2. The SMILES string of the molecule is CC(C)(C)N1CCC2(CCN(Cc3ccncc3)CC2)CC1. The third kappa shape index (κ3) is 3.69. The summed E-state index contributed by atoms with van der Waals surface area (Å²) in [5.41, 5.74) is 2.37. The Morgan fingerprint density at radius 1 is 0.955 bits per heavy atom. The molecule has 1 aromatic rings. The fourth-order valence-electron chi connectivity index (χ4n) is 4.08. The third-order valence-corrected chi connectivity index (χ3v) is 5.85. The highest BCUT2D eigenvalue weighted by molar-refractivity contribution is 5.09. The lowest BCUT2D eigenvalue weighted by molar-refractivity contribution is 0.00196. The van der Waals surface area contributed by atoms with Gasteiger partial charge < -0.3 is 0 Å². The van der Waals surface area contributed by atoms with Crippen LogP contribution in [0.15, 0.2) is 24.5 Å². The van der Waals surface area contributed by atoms with Crippen molar-refractivity contribution in [3.8, 4) is 0 Å². The van der Waals surface area contributed by atoms with Gasteiger partial charge in [0.15, 0.2) is 0 Å². The van der Waals surface area contributed by atoms with Gasteiger partial charge in [0.05, 0.1) is 0 Å². The molecule has 0 aromatic carbocycles. The smallest absolute Gasteiger partial charge is 0.0271 e. The van der Waals surface area contributed by atoms with Crippen LogP contribution in [0.3, 0.4) is 0 Å². The Kier molecular flexibility index (Phi) is 4.56. The minimum atomic E-state index is 0.337. The first-order valence-electron chi connectivity index (χ1n) is 8.83. The second kappa shape index (κ2) is 6.29. The van der Waals surface area contributed by atoms with E-state index in [9.17, 15) is 0 Å². The number of hydrogen-bond acceptors (Lipinski definition) is 3. The molecule has 1 aromatic heterocycles. The molecule has 0 radical (unpaired) electrons. The zero-order valence-electron chi connectivity index (χ0n) is 14.5. The summed E-state index contributed by atoms with van der Waals surface area (Å²) in [7, 11) is 0. The number of aromatic nitrogens is 1. The van der Waals surface area contributed by atoms with Crippen molar-refractivity contribution in [2.45, 2.75) is 58.5 Å². The maximum Gasteiger partial charge on any atom is 0.0271 e. The van der Waals surface area contributed by atoms with E-state index < -0.39 is 0 Å². The second-order valence-electron chi connectivity index (χ2n) is 8.29. The molecule has 3 rings (SSSR count). The van der Waals surface area contributed by atoms with Crippen LogP contribution in [-0.4, -0.2) is 46.5 Å². The van der Waals surface area contributed by atoms with Crippen LogP contribution < -0.4 is 0 Å². The van der Waals surface area contributed by atoms with Crippen LogP contribution in [0.4, 0.5) is 0 Å². The van der Waals surface area contributed by atoms with Crippen molar-refractivity contribution in [3.05, 3.63) is 30.1 Å². The van der Waals surface area contributed by atoms with Gasteiger partial charge in [-0.05, 0) is 95.7 Å². The average molecular weight is 301 g/mol. The van der Waals surface area contributed by atoms with Gasteiger partial charge in [0.2, 0.25) is 0 Å². The van der Waals surface area contributed by atoms with Gasteiger partial charge >= 0.3 is 0 Å². The molecule has 0 amide bonds. The second-order valence-corrected chi connectivity index (χ2v) is 8.29.